The highest BCUT2D eigenvalue weighted by atomic mass is 35.5. The molecular weight excluding hydrogens is 497 g/mol. The van der Waals surface area contributed by atoms with Crippen molar-refractivity contribution in [3.63, 3.8) is 0 Å². The SMILES string of the molecule is CC[C@@H](C)NC(=O)[C@@H](CC)N(Cc1ccc(Cl)cc1)C(=O)CN(C)S(=O)(=O)c1ccc(Cl)cc1. The van der Waals surface area contributed by atoms with Crippen LogP contribution >= 0.6 is 23.2 Å². The summed E-state index contributed by atoms with van der Waals surface area (Å²) < 4.78 is 26.9. The maximum atomic E-state index is 13.4. The number of hydrogen-bond acceptors (Lipinski definition) is 4. The fourth-order valence-electron chi connectivity index (χ4n) is 3.30. The first-order chi connectivity index (χ1) is 16.0. The summed E-state index contributed by atoms with van der Waals surface area (Å²) in [4.78, 5) is 27.9. The number of hydrogen-bond donors (Lipinski definition) is 1. The fraction of sp³-hybridized carbons (Fsp3) is 0.417. The standard InChI is InChI=1S/C24H31Cl2N3O4S/c1-5-17(3)27-24(31)22(6-2)29(15-18-7-9-19(25)10-8-18)23(30)16-28(4)34(32,33)21-13-11-20(26)12-14-21/h7-14,17,22H,5-6,15-16H2,1-4H3,(H,27,31)/t17-,22-/m1/s1. The lowest BCUT2D eigenvalue weighted by Crippen LogP contribution is -2.53. The number of nitrogens with one attached hydrogen (secondary N) is 1. The molecule has 0 bridgehead atoms. The van der Waals surface area contributed by atoms with E-state index >= 15 is 0 Å². The second-order valence-electron chi connectivity index (χ2n) is 8.11. The van der Waals surface area contributed by atoms with Gasteiger partial charge in [-0.2, -0.15) is 4.31 Å². The average Bonchev–Trinajstić information content (AvgIpc) is 2.80. The van der Waals surface area contributed by atoms with Gasteiger partial charge in [-0.15, -0.1) is 0 Å². The molecule has 0 aliphatic heterocycles. The minimum absolute atomic E-state index is 0.0259. The van der Waals surface area contributed by atoms with Gasteiger partial charge in [-0.3, -0.25) is 9.59 Å². The molecule has 2 atom stereocenters. The molecule has 2 amide bonds. The first-order valence-electron chi connectivity index (χ1n) is 11.1. The second-order valence-corrected chi connectivity index (χ2v) is 11.0. The Kier molecular flexibility index (Phi) is 10.4. The van der Waals surface area contributed by atoms with Crippen molar-refractivity contribution in [3.8, 4) is 0 Å². The lowest BCUT2D eigenvalue weighted by atomic mass is 10.1. The third kappa shape index (κ3) is 7.43. The van der Waals surface area contributed by atoms with Gasteiger partial charge in [0.1, 0.15) is 6.04 Å². The molecule has 186 valence electrons. The van der Waals surface area contributed by atoms with E-state index in [-0.39, 0.29) is 23.4 Å². The van der Waals surface area contributed by atoms with Crippen molar-refractivity contribution in [2.24, 2.45) is 0 Å². The van der Waals surface area contributed by atoms with Gasteiger partial charge in [0.25, 0.3) is 0 Å². The third-order valence-electron chi connectivity index (χ3n) is 5.53. The van der Waals surface area contributed by atoms with E-state index in [1.807, 2.05) is 20.8 Å². The molecule has 0 aliphatic carbocycles. The molecule has 0 radical (unpaired) electrons. The maximum absolute atomic E-state index is 13.4. The van der Waals surface area contributed by atoms with Gasteiger partial charge in [-0.05, 0) is 61.7 Å². The average molecular weight is 529 g/mol. The van der Waals surface area contributed by atoms with Crippen molar-refractivity contribution in [3.05, 3.63) is 64.1 Å². The normalized spacial score (nSPS) is 13.4. The van der Waals surface area contributed by atoms with Gasteiger partial charge in [0, 0.05) is 29.7 Å². The van der Waals surface area contributed by atoms with E-state index in [0.717, 1.165) is 16.3 Å². The van der Waals surface area contributed by atoms with Crippen molar-refractivity contribution in [2.75, 3.05) is 13.6 Å². The summed E-state index contributed by atoms with van der Waals surface area (Å²) in [6.45, 7) is 5.38. The van der Waals surface area contributed by atoms with E-state index in [9.17, 15) is 18.0 Å². The zero-order valence-electron chi connectivity index (χ0n) is 19.8. The van der Waals surface area contributed by atoms with Crippen molar-refractivity contribution in [2.45, 2.75) is 57.1 Å². The molecular formula is C24H31Cl2N3O4S. The van der Waals surface area contributed by atoms with Gasteiger partial charge >= 0.3 is 0 Å². The second kappa shape index (κ2) is 12.5. The van der Waals surface area contributed by atoms with Gasteiger partial charge in [-0.25, -0.2) is 8.42 Å². The predicted octanol–water partition coefficient (Wildman–Crippen LogP) is 4.34. The van der Waals surface area contributed by atoms with Crippen LogP contribution in [-0.2, 0) is 26.2 Å². The molecule has 2 rings (SSSR count). The number of sulfonamides is 1. The number of rotatable bonds is 11. The van der Waals surface area contributed by atoms with Crippen LogP contribution in [0.5, 0.6) is 0 Å². The van der Waals surface area contributed by atoms with E-state index in [4.69, 9.17) is 23.2 Å². The number of nitrogens with zero attached hydrogens (tertiary/aromatic N) is 2. The Balaban J connectivity index is 2.32. The molecule has 0 aromatic heterocycles. The molecule has 1 N–H and O–H groups in total. The maximum Gasteiger partial charge on any atom is 0.243 e. The van der Waals surface area contributed by atoms with Gasteiger partial charge in [0.15, 0.2) is 0 Å². The molecule has 0 aliphatic rings. The van der Waals surface area contributed by atoms with Crippen LogP contribution in [0, 0.1) is 0 Å². The van der Waals surface area contributed by atoms with Crippen molar-refractivity contribution < 1.29 is 18.0 Å². The smallest absolute Gasteiger partial charge is 0.243 e. The van der Waals surface area contributed by atoms with Crippen molar-refractivity contribution in [1.82, 2.24) is 14.5 Å². The van der Waals surface area contributed by atoms with E-state index in [0.29, 0.717) is 16.5 Å². The molecule has 0 heterocycles. The van der Waals surface area contributed by atoms with Crippen LogP contribution in [0.2, 0.25) is 10.0 Å². The monoisotopic (exact) mass is 527 g/mol. The Morgan fingerprint density at radius 3 is 1.97 bits per heavy atom. The quantitative estimate of drug-likeness (QED) is 0.470. The zero-order valence-corrected chi connectivity index (χ0v) is 22.1. The lowest BCUT2D eigenvalue weighted by Gasteiger charge is -2.32. The highest BCUT2D eigenvalue weighted by Crippen LogP contribution is 2.19. The third-order valence-corrected chi connectivity index (χ3v) is 7.85. The van der Waals surface area contributed by atoms with Crippen molar-refractivity contribution >= 4 is 45.0 Å². The number of carbonyl (C=O) groups is 2. The van der Waals surface area contributed by atoms with Crippen LogP contribution in [0.3, 0.4) is 0 Å². The minimum Gasteiger partial charge on any atom is -0.352 e. The van der Waals surface area contributed by atoms with Gasteiger partial charge in [0.2, 0.25) is 21.8 Å². The molecule has 0 saturated carbocycles. The summed E-state index contributed by atoms with van der Waals surface area (Å²) in [5, 5.41) is 3.89. The predicted molar refractivity (Wildman–Crippen MR) is 135 cm³/mol. The Morgan fingerprint density at radius 1 is 0.941 bits per heavy atom. The van der Waals surface area contributed by atoms with Crippen LogP contribution < -0.4 is 5.32 Å². The van der Waals surface area contributed by atoms with Crippen LogP contribution in [0.25, 0.3) is 0 Å². The first-order valence-corrected chi connectivity index (χ1v) is 13.2. The molecule has 0 fully saturated rings. The number of likely N-dealkylation sites (N-methyl/N-ethyl adjacent to an activating group) is 1. The molecule has 0 spiro atoms. The molecule has 34 heavy (non-hydrogen) atoms. The Hall–Kier alpha value is -2.13. The zero-order chi connectivity index (χ0) is 25.5. The number of amides is 2. The number of halogens is 2. The molecule has 2 aromatic rings. The van der Waals surface area contributed by atoms with Crippen LogP contribution in [0.15, 0.2) is 53.4 Å². The Bertz CT molecular complexity index is 1080. The molecule has 10 heteroatoms. The molecule has 0 unspecified atom stereocenters. The largest absolute Gasteiger partial charge is 0.352 e. The van der Waals surface area contributed by atoms with Gasteiger partial charge in [0.05, 0.1) is 11.4 Å². The Morgan fingerprint density at radius 2 is 1.47 bits per heavy atom. The lowest BCUT2D eigenvalue weighted by molar-refractivity contribution is -0.141. The van der Waals surface area contributed by atoms with Crippen LogP contribution in [0.4, 0.5) is 0 Å². The van der Waals surface area contributed by atoms with E-state index < -0.39 is 28.5 Å². The summed E-state index contributed by atoms with van der Waals surface area (Å²) >= 11 is 11.9. The molecule has 7 nitrogen and oxygen atoms in total. The highest BCUT2D eigenvalue weighted by Gasteiger charge is 2.32. The topological polar surface area (TPSA) is 86.8 Å². The van der Waals surface area contributed by atoms with E-state index in [1.54, 1.807) is 24.3 Å². The van der Waals surface area contributed by atoms with Crippen LogP contribution in [-0.4, -0.2) is 55.1 Å². The van der Waals surface area contributed by atoms with Crippen LogP contribution in [0.1, 0.15) is 39.2 Å². The molecule has 0 saturated heterocycles. The summed E-state index contributed by atoms with van der Waals surface area (Å²) in [6, 6.07) is 11.9. The van der Waals surface area contributed by atoms with E-state index in [2.05, 4.69) is 5.32 Å². The number of benzene rings is 2. The van der Waals surface area contributed by atoms with Crippen molar-refractivity contribution in [1.29, 1.82) is 0 Å². The molecule has 2 aromatic carbocycles. The highest BCUT2D eigenvalue weighted by molar-refractivity contribution is 7.89. The Labute approximate surface area is 212 Å². The summed E-state index contributed by atoms with van der Waals surface area (Å²) in [5.41, 5.74) is 0.774. The summed E-state index contributed by atoms with van der Waals surface area (Å²) in [7, 11) is -2.59. The summed E-state index contributed by atoms with van der Waals surface area (Å²) in [5.74, 6) is -0.761. The van der Waals surface area contributed by atoms with Gasteiger partial charge < -0.3 is 10.2 Å². The number of carbonyl (C=O) groups excluding carboxylic acids is 2. The minimum atomic E-state index is -3.93. The van der Waals surface area contributed by atoms with E-state index in [1.165, 1.54) is 36.2 Å². The van der Waals surface area contributed by atoms with Gasteiger partial charge in [-0.1, -0.05) is 49.2 Å². The summed E-state index contributed by atoms with van der Waals surface area (Å²) in [6.07, 6.45) is 1.12. The fourth-order valence-corrected chi connectivity index (χ4v) is 4.67. The first kappa shape index (κ1) is 28.1.